The van der Waals surface area contributed by atoms with Crippen molar-refractivity contribution in [3.8, 4) is 11.1 Å². The summed E-state index contributed by atoms with van der Waals surface area (Å²) in [5.74, 6) is -0.817. The average Bonchev–Trinajstić information content (AvgIpc) is 2.84. The first-order valence-corrected chi connectivity index (χ1v) is 11.2. The van der Waals surface area contributed by atoms with Crippen LogP contribution in [0, 0.1) is 0 Å². The number of rotatable bonds is 9. The third kappa shape index (κ3) is 6.62. The third-order valence-corrected chi connectivity index (χ3v) is 5.80. The summed E-state index contributed by atoms with van der Waals surface area (Å²) in [5.41, 5.74) is 2.40. The second-order valence-electron chi connectivity index (χ2n) is 8.42. The van der Waals surface area contributed by atoms with Gasteiger partial charge < -0.3 is 35.4 Å². The predicted molar refractivity (Wildman–Crippen MR) is 125 cm³/mol. The lowest BCUT2D eigenvalue weighted by atomic mass is 9.90. The fourth-order valence-corrected chi connectivity index (χ4v) is 4.08. The molecule has 1 saturated heterocycles. The van der Waals surface area contributed by atoms with Gasteiger partial charge in [-0.2, -0.15) is 0 Å². The Morgan fingerprint density at radius 2 is 1.74 bits per heavy atom. The average molecular weight is 473 g/mol. The van der Waals surface area contributed by atoms with Gasteiger partial charge in [0.25, 0.3) is 5.91 Å². The van der Waals surface area contributed by atoms with Crippen molar-refractivity contribution in [1.29, 1.82) is 0 Å². The highest BCUT2D eigenvalue weighted by molar-refractivity contribution is 5.94. The van der Waals surface area contributed by atoms with Crippen LogP contribution in [-0.2, 0) is 14.3 Å². The minimum atomic E-state index is -1.48. The number of carbonyl (C=O) groups excluding carboxylic acids is 2. The fraction of sp³-hybridized carbons (Fsp3) is 0.440. The molecule has 184 valence electrons. The molecule has 0 saturated carbocycles. The van der Waals surface area contributed by atoms with Gasteiger partial charge in [-0.05, 0) is 23.3 Å². The highest BCUT2D eigenvalue weighted by Crippen LogP contribution is 2.25. The van der Waals surface area contributed by atoms with Gasteiger partial charge in [0.15, 0.2) is 0 Å². The van der Waals surface area contributed by atoms with E-state index in [1.54, 1.807) is 12.1 Å². The molecule has 1 aliphatic rings. The lowest BCUT2D eigenvalue weighted by Crippen LogP contribution is -2.63. The summed E-state index contributed by atoms with van der Waals surface area (Å²) in [4.78, 5) is 24.1. The van der Waals surface area contributed by atoms with Crippen LogP contribution in [0.3, 0.4) is 0 Å². The Hall–Kier alpha value is -2.82. The monoisotopic (exact) mass is 472 g/mol. The van der Waals surface area contributed by atoms with Crippen molar-refractivity contribution in [3.05, 3.63) is 60.2 Å². The standard InChI is InChI=1S/C25H32N2O7/c1-15(28)27-22-20(29)12-19(14-33-2)34-24(22)23(31)21(30)13-26-25(32)18-10-8-17(9-11-18)16-6-4-3-5-7-16/h3-11,19-24,29-31H,12-14H2,1-2H3,(H,26,32)(H,27,28)/t19-,20+,21?,22?,23-,24?/m1/s1. The first-order chi connectivity index (χ1) is 16.3. The van der Waals surface area contributed by atoms with Crippen molar-refractivity contribution in [1.82, 2.24) is 10.6 Å². The van der Waals surface area contributed by atoms with E-state index >= 15 is 0 Å². The van der Waals surface area contributed by atoms with Gasteiger partial charge in [-0.1, -0.05) is 42.5 Å². The SMILES string of the molecule is COC[C@H]1C[C@H](O)C(NC(C)=O)C([C@H](O)C(O)CNC(=O)c2ccc(-c3ccccc3)cc2)O1. The van der Waals surface area contributed by atoms with E-state index in [0.717, 1.165) is 11.1 Å². The van der Waals surface area contributed by atoms with Crippen LogP contribution in [0.2, 0.25) is 0 Å². The number of ether oxygens (including phenoxy) is 2. The van der Waals surface area contributed by atoms with Crippen molar-refractivity contribution in [2.45, 2.75) is 49.9 Å². The summed E-state index contributed by atoms with van der Waals surface area (Å²) in [7, 11) is 1.48. The summed E-state index contributed by atoms with van der Waals surface area (Å²) in [6.45, 7) is 1.22. The number of carbonyl (C=O) groups is 2. The molecule has 9 nitrogen and oxygen atoms in total. The van der Waals surface area contributed by atoms with E-state index in [1.165, 1.54) is 14.0 Å². The first kappa shape index (κ1) is 25.8. The molecule has 0 spiro atoms. The third-order valence-electron chi connectivity index (χ3n) is 5.80. The minimum absolute atomic E-state index is 0.179. The summed E-state index contributed by atoms with van der Waals surface area (Å²) >= 11 is 0. The summed E-state index contributed by atoms with van der Waals surface area (Å²) in [6, 6.07) is 15.9. The number of benzene rings is 2. The van der Waals surface area contributed by atoms with E-state index < -0.39 is 48.4 Å². The number of methoxy groups -OCH3 is 1. The van der Waals surface area contributed by atoms with E-state index in [4.69, 9.17) is 9.47 Å². The topological polar surface area (TPSA) is 137 Å². The fourth-order valence-electron chi connectivity index (χ4n) is 4.08. The van der Waals surface area contributed by atoms with Crippen LogP contribution in [0.1, 0.15) is 23.7 Å². The number of nitrogens with one attached hydrogen (secondary N) is 2. The summed E-state index contributed by atoms with van der Waals surface area (Å²) in [6.07, 6.45) is -5.29. The zero-order valence-electron chi connectivity index (χ0n) is 19.3. The molecular formula is C25H32N2O7. The van der Waals surface area contributed by atoms with E-state index in [2.05, 4.69) is 10.6 Å². The maximum Gasteiger partial charge on any atom is 0.251 e. The van der Waals surface area contributed by atoms with Crippen LogP contribution in [0.15, 0.2) is 54.6 Å². The van der Waals surface area contributed by atoms with Crippen LogP contribution < -0.4 is 10.6 Å². The van der Waals surface area contributed by atoms with E-state index in [-0.39, 0.29) is 19.6 Å². The van der Waals surface area contributed by atoms with Gasteiger partial charge in [0.05, 0.1) is 31.0 Å². The normalized spacial score (nSPS) is 24.1. The smallest absolute Gasteiger partial charge is 0.251 e. The number of aliphatic hydroxyl groups is 3. The number of hydrogen-bond donors (Lipinski definition) is 5. The van der Waals surface area contributed by atoms with Crippen LogP contribution in [0.4, 0.5) is 0 Å². The Kier molecular flexibility index (Phi) is 9.14. The van der Waals surface area contributed by atoms with E-state index in [0.29, 0.717) is 5.56 Å². The highest BCUT2D eigenvalue weighted by Gasteiger charge is 2.44. The molecule has 2 aromatic rings. The number of aliphatic hydroxyl groups excluding tert-OH is 3. The molecule has 2 aromatic carbocycles. The highest BCUT2D eigenvalue weighted by atomic mass is 16.5. The van der Waals surface area contributed by atoms with Crippen molar-refractivity contribution in [2.24, 2.45) is 0 Å². The van der Waals surface area contributed by atoms with Crippen molar-refractivity contribution < 1.29 is 34.4 Å². The second kappa shape index (κ2) is 12.0. The lowest BCUT2D eigenvalue weighted by molar-refractivity contribution is -0.186. The van der Waals surface area contributed by atoms with Gasteiger partial charge in [-0.15, -0.1) is 0 Å². The summed E-state index contributed by atoms with van der Waals surface area (Å²) < 4.78 is 10.9. The number of amides is 2. The van der Waals surface area contributed by atoms with Crippen LogP contribution in [0.25, 0.3) is 11.1 Å². The molecule has 5 N–H and O–H groups in total. The molecule has 1 fully saturated rings. The predicted octanol–water partition coefficient (Wildman–Crippen LogP) is 0.475. The maximum atomic E-state index is 12.5. The number of hydrogen-bond acceptors (Lipinski definition) is 7. The Morgan fingerprint density at radius 1 is 1.09 bits per heavy atom. The molecule has 0 radical (unpaired) electrons. The van der Waals surface area contributed by atoms with Gasteiger partial charge in [0, 0.05) is 32.6 Å². The van der Waals surface area contributed by atoms with Gasteiger partial charge in [0.2, 0.25) is 5.91 Å². The van der Waals surface area contributed by atoms with Gasteiger partial charge in [-0.25, -0.2) is 0 Å². The maximum absolute atomic E-state index is 12.5. The Bertz CT molecular complexity index is 938. The van der Waals surface area contributed by atoms with Gasteiger partial charge in [0.1, 0.15) is 12.2 Å². The quantitative estimate of drug-likeness (QED) is 0.358. The molecule has 0 bridgehead atoms. The second-order valence-corrected chi connectivity index (χ2v) is 8.42. The molecular weight excluding hydrogens is 440 g/mol. The van der Waals surface area contributed by atoms with E-state index in [9.17, 15) is 24.9 Å². The van der Waals surface area contributed by atoms with Gasteiger partial charge in [-0.3, -0.25) is 9.59 Å². The van der Waals surface area contributed by atoms with Crippen LogP contribution >= 0.6 is 0 Å². The molecule has 6 atom stereocenters. The zero-order chi connectivity index (χ0) is 24.7. The van der Waals surface area contributed by atoms with Gasteiger partial charge >= 0.3 is 0 Å². The Labute approximate surface area is 198 Å². The summed E-state index contributed by atoms with van der Waals surface area (Å²) in [5, 5.41) is 36.9. The van der Waals surface area contributed by atoms with E-state index in [1.807, 2.05) is 42.5 Å². The molecule has 1 heterocycles. The van der Waals surface area contributed by atoms with Crippen LogP contribution in [-0.4, -0.2) is 84.0 Å². The zero-order valence-corrected chi connectivity index (χ0v) is 19.3. The van der Waals surface area contributed by atoms with Crippen molar-refractivity contribution >= 4 is 11.8 Å². The molecule has 3 rings (SSSR count). The lowest BCUT2D eigenvalue weighted by Gasteiger charge is -2.42. The molecule has 3 unspecified atom stereocenters. The van der Waals surface area contributed by atoms with Crippen LogP contribution in [0.5, 0.6) is 0 Å². The minimum Gasteiger partial charge on any atom is -0.391 e. The molecule has 2 amide bonds. The van der Waals surface area contributed by atoms with Crippen molar-refractivity contribution in [3.63, 3.8) is 0 Å². The molecule has 9 heteroatoms. The molecule has 1 aliphatic heterocycles. The largest absolute Gasteiger partial charge is 0.391 e. The molecule has 0 aromatic heterocycles. The Morgan fingerprint density at radius 3 is 2.35 bits per heavy atom. The first-order valence-electron chi connectivity index (χ1n) is 11.2. The Balaban J connectivity index is 1.61. The molecule has 34 heavy (non-hydrogen) atoms. The molecule has 0 aliphatic carbocycles. The van der Waals surface area contributed by atoms with Crippen molar-refractivity contribution in [2.75, 3.05) is 20.3 Å².